The molecule has 0 aromatic heterocycles. The van der Waals surface area contributed by atoms with Gasteiger partial charge >= 0.3 is 0 Å². The standard InChI is InChI=1S/C16H27N3O2/c1-12(2)7-10-21-15-11-13(5-6-14(15)17)16(20)18-8-9-19(3)4/h5-6,11-12H,7-10,17H2,1-4H3,(H,18,20). The molecule has 5 nitrogen and oxygen atoms in total. The highest BCUT2D eigenvalue weighted by Crippen LogP contribution is 2.23. The number of nitrogen functional groups attached to an aromatic ring is 1. The first-order valence-corrected chi connectivity index (χ1v) is 7.35. The number of anilines is 1. The number of nitrogens with zero attached hydrogens (tertiary/aromatic N) is 1. The summed E-state index contributed by atoms with van der Waals surface area (Å²) in [6, 6.07) is 5.14. The van der Waals surface area contributed by atoms with Crippen molar-refractivity contribution in [3.05, 3.63) is 23.8 Å². The molecule has 0 heterocycles. The van der Waals surface area contributed by atoms with Gasteiger partial charge in [0, 0.05) is 18.7 Å². The average molecular weight is 293 g/mol. The summed E-state index contributed by atoms with van der Waals surface area (Å²) >= 11 is 0. The molecule has 0 aliphatic heterocycles. The normalized spacial score (nSPS) is 11.0. The number of nitrogens with one attached hydrogen (secondary N) is 1. The minimum Gasteiger partial charge on any atom is -0.491 e. The predicted octanol–water partition coefficient (Wildman–Crippen LogP) is 1.99. The lowest BCUT2D eigenvalue weighted by atomic mass is 10.1. The molecular weight excluding hydrogens is 266 g/mol. The van der Waals surface area contributed by atoms with Crippen molar-refractivity contribution in [2.24, 2.45) is 5.92 Å². The molecule has 21 heavy (non-hydrogen) atoms. The highest BCUT2D eigenvalue weighted by molar-refractivity contribution is 5.95. The van der Waals surface area contributed by atoms with E-state index in [0.717, 1.165) is 13.0 Å². The van der Waals surface area contributed by atoms with Crippen LogP contribution < -0.4 is 15.8 Å². The van der Waals surface area contributed by atoms with Crippen LogP contribution in [0.5, 0.6) is 5.75 Å². The van der Waals surface area contributed by atoms with Gasteiger partial charge in [-0.05, 0) is 44.6 Å². The van der Waals surface area contributed by atoms with Gasteiger partial charge < -0.3 is 20.7 Å². The van der Waals surface area contributed by atoms with Crippen molar-refractivity contribution < 1.29 is 9.53 Å². The van der Waals surface area contributed by atoms with Crippen LogP contribution in [0.15, 0.2) is 18.2 Å². The molecule has 0 radical (unpaired) electrons. The van der Waals surface area contributed by atoms with Crippen molar-refractivity contribution in [2.45, 2.75) is 20.3 Å². The van der Waals surface area contributed by atoms with Gasteiger partial charge in [-0.25, -0.2) is 0 Å². The molecule has 0 saturated heterocycles. The molecule has 1 rings (SSSR count). The monoisotopic (exact) mass is 293 g/mol. The number of rotatable bonds is 8. The lowest BCUT2D eigenvalue weighted by Gasteiger charge is -2.13. The van der Waals surface area contributed by atoms with Gasteiger partial charge in [0.15, 0.2) is 0 Å². The molecule has 0 aliphatic rings. The molecule has 0 fully saturated rings. The molecule has 0 atom stereocenters. The number of nitrogens with two attached hydrogens (primary N) is 1. The summed E-state index contributed by atoms with van der Waals surface area (Å²) in [7, 11) is 3.94. The first-order chi connectivity index (χ1) is 9.90. The number of ether oxygens (including phenoxy) is 1. The summed E-state index contributed by atoms with van der Waals surface area (Å²) < 4.78 is 5.67. The Labute approximate surface area is 127 Å². The fourth-order valence-corrected chi connectivity index (χ4v) is 1.70. The maximum absolute atomic E-state index is 12.0. The first-order valence-electron chi connectivity index (χ1n) is 7.35. The summed E-state index contributed by atoms with van der Waals surface area (Å²) in [5.41, 5.74) is 7.01. The van der Waals surface area contributed by atoms with Crippen molar-refractivity contribution in [3.8, 4) is 5.75 Å². The van der Waals surface area contributed by atoms with E-state index in [1.54, 1.807) is 18.2 Å². The fourth-order valence-electron chi connectivity index (χ4n) is 1.70. The summed E-state index contributed by atoms with van der Waals surface area (Å²) in [6.45, 7) is 6.30. The van der Waals surface area contributed by atoms with E-state index in [1.165, 1.54) is 0 Å². The van der Waals surface area contributed by atoms with Gasteiger partial charge in [-0.2, -0.15) is 0 Å². The van der Waals surface area contributed by atoms with Gasteiger partial charge in [-0.1, -0.05) is 13.8 Å². The van der Waals surface area contributed by atoms with Crippen LogP contribution >= 0.6 is 0 Å². The molecule has 1 aromatic rings. The average Bonchev–Trinajstić information content (AvgIpc) is 2.40. The highest BCUT2D eigenvalue weighted by Gasteiger charge is 2.09. The minimum atomic E-state index is -0.106. The number of amides is 1. The first kappa shape index (κ1) is 17.3. The molecule has 0 spiro atoms. The van der Waals surface area contributed by atoms with E-state index < -0.39 is 0 Å². The number of likely N-dealkylation sites (N-methyl/N-ethyl adjacent to an activating group) is 1. The molecule has 1 aromatic carbocycles. The third-order valence-electron chi connectivity index (χ3n) is 3.07. The Kier molecular flexibility index (Phi) is 7.02. The zero-order valence-corrected chi connectivity index (χ0v) is 13.5. The Bertz CT molecular complexity index is 459. The zero-order chi connectivity index (χ0) is 15.8. The van der Waals surface area contributed by atoms with Crippen LogP contribution in [0, 0.1) is 5.92 Å². The van der Waals surface area contributed by atoms with Crippen LogP contribution in [-0.4, -0.2) is 44.6 Å². The van der Waals surface area contributed by atoms with Gasteiger partial charge in [0.05, 0.1) is 12.3 Å². The summed E-state index contributed by atoms with van der Waals surface area (Å²) in [5, 5.41) is 2.87. The molecule has 0 aliphatic carbocycles. The van der Waals surface area contributed by atoms with Crippen LogP contribution in [0.3, 0.4) is 0 Å². The maximum atomic E-state index is 12.0. The largest absolute Gasteiger partial charge is 0.491 e. The van der Waals surface area contributed by atoms with Crippen molar-refractivity contribution in [2.75, 3.05) is 39.5 Å². The summed E-state index contributed by atoms with van der Waals surface area (Å²) in [4.78, 5) is 14.1. The van der Waals surface area contributed by atoms with Crippen LogP contribution in [0.1, 0.15) is 30.6 Å². The maximum Gasteiger partial charge on any atom is 0.251 e. The molecule has 0 saturated carbocycles. The third-order valence-corrected chi connectivity index (χ3v) is 3.07. The fraction of sp³-hybridized carbons (Fsp3) is 0.562. The van der Waals surface area contributed by atoms with Gasteiger partial charge in [0.1, 0.15) is 5.75 Å². The van der Waals surface area contributed by atoms with Crippen molar-refractivity contribution in [1.82, 2.24) is 10.2 Å². The lowest BCUT2D eigenvalue weighted by molar-refractivity contribution is 0.0950. The third kappa shape index (κ3) is 6.49. The molecular formula is C16H27N3O2. The smallest absolute Gasteiger partial charge is 0.251 e. The van der Waals surface area contributed by atoms with Crippen molar-refractivity contribution in [3.63, 3.8) is 0 Å². The zero-order valence-electron chi connectivity index (χ0n) is 13.5. The lowest BCUT2D eigenvalue weighted by Crippen LogP contribution is -2.31. The van der Waals surface area contributed by atoms with Crippen LogP contribution in [0.25, 0.3) is 0 Å². The van der Waals surface area contributed by atoms with Gasteiger partial charge in [-0.3, -0.25) is 4.79 Å². The van der Waals surface area contributed by atoms with E-state index in [1.807, 2.05) is 19.0 Å². The molecule has 1 amide bonds. The van der Waals surface area contributed by atoms with E-state index in [0.29, 0.717) is 36.1 Å². The van der Waals surface area contributed by atoms with E-state index in [2.05, 4.69) is 19.2 Å². The van der Waals surface area contributed by atoms with Crippen molar-refractivity contribution in [1.29, 1.82) is 0 Å². The van der Waals surface area contributed by atoms with Crippen LogP contribution in [-0.2, 0) is 0 Å². The van der Waals surface area contributed by atoms with Crippen LogP contribution in [0.4, 0.5) is 5.69 Å². The van der Waals surface area contributed by atoms with Crippen LogP contribution in [0.2, 0.25) is 0 Å². The summed E-state index contributed by atoms with van der Waals surface area (Å²) in [5.74, 6) is 1.05. The second kappa shape index (κ2) is 8.52. The second-order valence-electron chi connectivity index (χ2n) is 5.84. The Balaban J connectivity index is 2.60. The van der Waals surface area contributed by atoms with E-state index in [9.17, 15) is 4.79 Å². The molecule has 0 unspecified atom stereocenters. The molecule has 5 heteroatoms. The number of benzene rings is 1. The van der Waals surface area contributed by atoms with E-state index in [-0.39, 0.29) is 5.91 Å². The van der Waals surface area contributed by atoms with Crippen molar-refractivity contribution >= 4 is 11.6 Å². The predicted molar refractivity (Wildman–Crippen MR) is 86.7 cm³/mol. The quantitative estimate of drug-likeness (QED) is 0.719. The van der Waals surface area contributed by atoms with Gasteiger partial charge in [0.2, 0.25) is 0 Å². The number of hydrogen-bond donors (Lipinski definition) is 2. The topological polar surface area (TPSA) is 67.6 Å². The SMILES string of the molecule is CC(C)CCOc1cc(C(=O)NCCN(C)C)ccc1N. The Morgan fingerprint density at radius 2 is 2.10 bits per heavy atom. The second-order valence-corrected chi connectivity index (χ2v) is 5.84. The molecule has 0 bridgehead atoms. The van der Waals surface area contributed by atoms with Gasteiger partial charge in [0.25, 0.3) is 5.91 Å². The number of hydrogen-bond acceptors (Lipinski definition) is 4. The van der Waals surface area contributed by atoms with E-state index in [4.69, 9.17) is 10.5 Å². The minimum absolute atomic E-state index is 0.106. The Morgan fingerprint density at radius 3 is 2.71 bits per heavy atom. The van der Waals surface area contributed by atoms with Gasteiger partial charge in [-0.15, -0.1) is 0 Å². The number of carbonyl (C=O) groups is 1. The summed E-state index contributed by atoms with van der Waals surface area (Å²) in [6.07, 6.45) is 0.957. The molecule has 118 valence electrons. The number of carbonyl (C=O) groups excluding carboxylic acids is 1. The Hall–Kier alpha value is -1.75. The Morgan fingerprint density at radius 1 is 1.38 bits per heavy atom. The highest BCUT2D eigenvalue weighted by atomic mass is 16.5. The van der Waals surface area contributed by atoms with E-state index >= 15 is 0 Å². The molecule has 3 N–H and O–H groups in total.